The Morgan fingerprint density at radius 1 is 1.35 bits per heavy atom. The van der Waals surface area contributed by atoms with E-state index in [-0.39, 0.29) is 18.0 Å². The van der Waals surface area contributed by atoms with E-state index in [9.17, 15) is 9.59 Å². The van der Waals surface area contributed by atoms with Gasteiger partial charge in [-0.05, 0) is 62.1 Å². The predicted octanol–water partition coefficient (Wildman–Crippen LogP) is 3.27. The van der Waals surface area contributed by atoms with Crippen LogP contribution >= 0.6 is 0 Å². The average Bonchev–Trinajstić information content (AvgIpc) is 3.01. The highest BCUT2D eigenvalue weighted by Crippen LogP contribution is 2.27. The number of urea groups is 1. The van der Waals surface area contributed by atoms with Gasteiger partial charge in [0.25, 0.3) is 0 Å². The number of carbonyl (C=O) groups is 2. The second kappa shape index (κ2) is 7.99. The van der Waals surface area contributed by atoms with Gasteiger partial charge in [0.05, 0.1) is 0 Å². The van der Waals surface area contributed by atoms with Gasteiger partial charge in [-0.25, -0.2) is 4.79 Å². The van der Waals surface area contributed by atoms with Crippen LogP contribution in [0.5, 0.6) is 0 Å². The van der Waals surface area contributed by atoms with Crippen LogP contribution in [0.3, 0.4) is 0 Å². The van der Waals surface area contributed by atoms with Crippen LogP contribution in [0, 0.1) is 6.92 Å². The van der Waals surface area contributed by atoms with Crippen LogP contribution in [0.2, 0.25) is 0 Å². The fourth-order valence-electron chi connectivity index (χ4n) is 3.25. The lowest BCUT2D eigenvalue weighted by Gasteiger charge is -2.19. The number of amides is 3. The highest BCUT2D eigenvalue weighted by Gasteiger charge is 2.23. The van der Waals surface area contributed by atoms with E-state index in [1.807, 2.05) is 49.1 Å². The van der Waals surface area contributed by atoms with E-state index >= 15 is 0 Å². The van der Waals surface area contributed by atoms with Crippen molar-refractivity contribution < 1.29 is 9.59 Å². The van der Waals surface area contributed by atoms with Gasteiger partial charge in [-0.3, -0.25) is 9.78 Å². The number of carbonyl (C=O) groups excluding carboxylic acids is 2. The van der Waals surface area contributed by atoms with E-state index in [2.05, 4.69) is 15.6 Å². The summed E-state index contributed by atoms with van der Waals surface area (Å²) in [5.41, 5.74) is 3.68. The van der Waals surface area contributed by atoms with Gasteiger partial charge < -0.3 is 15.5 Å². The average molecular weight is 352 g/mol. The molecule has 0 bridgehead atoms. The third-order valence-corrected chi connectivity index (χ3v) is 4.46. The zero-order chi connectivity index (χ0) is 18.5. The summed E-state index contributed by atoms with van der Waals surface area (Å²) in [6.07, 6.45) is 5.76. The number of aryl methyl sites for hydroxylation is 1. The number of hydrogen-bond acceptors (Lipinski definition) is 3. The second-order valence-electron chi connectivity index (χ2n) is 6.72. The van der Waals surface area contributed by atoms with Crippen molar-refractivity contribution in [3.05, 3.63) is 53.9 Å². The molecule has 6 heteroatoms. The summed E-state index contributed by atoms with van der Waals surface area (Å²) >= 11 is 0. The molecule has 1 aliphatic heterocycles. The summed E-state index contributed by atoms with van der Waals surface area (Å²) in [6.45, 7) is 4.67. The molecule has 1 aliphatic rings. The minimum atomic E-state index is -0.245. The first-order valence-electron chi connectivity index (χ1n) is 8.90. The molecule has 136 valence electrons. The molecule has 6 nitrogen and oxygen atoms in total. The van der Waals surface area contributed by atoms with Crippen LogP contribution in [0.1, 0.15) is 30.9 Å². The molecule has 1 atom stereocenters. The van der Waals surface area contributed by atoms with E-state index in [0.29, 0.717) is 12.1 Å². The largest absolute Gasteiger partial charge is 0.335 e. The van der Waals surface area contributed by atoms with Crippen molar-refractivity contribution in [1.82, 2.24) is 10.3 Å². The second-order valence-corrected chi connectivity index (χ2v) is 6.72. The summed E-state index contributed by atoms with van der Waals surface area (Å²) in [5.74, 6) is 0.163. The van der Waals surface area contributed by atoms with Gasteiger partial charge in [0.2, 0.25) is 5.91 Å². The van der Waals surface area contributed by atoms with Gasteiger partial charge in [-0.1, -0.05) is 6.07 Å². The van der Waals surface area contributed by atoms with E-state index in [1.165, 1.54) is 0 Å². The molecular formula is C20H24N4O2. The summed E-state index contributed by atoms with van der Waals surface area (Å²) in [5, 5.41) is 5.79. The standard InChI is InChI=1S/C20H24N4O2/c1-14-11-17(7-8-18(14)24-10-4-6-19(24)25)23-20(26)22-15(2)12-16-5-3-9-21-13-16/h3,5,7-9,11,13,15H,4,6,10,12H2,1-2H3,(H2,22,23,26)/t15-/m1/s1. The third-order valence-electron chi connectivity index (χ3n) is 4.46. The number of aromatic nitrogens is 1. The van der Waals surface area contributed by atoms with Crippen molar-refractivity contribution in [3.63, 3.8) is 0 Å². The number of hydrogen-bond donors (Lipinski definition) is 2. The van der Waals surface area contributed by atoms with Gasteiger partial charge >= 0.3 is 6.03 Å². The third kappa shape index (κ3) is 4.39. The normalized spacial score (nSPS) is 15.0. The van der Waals surface area contributed by atoms with Crippen molar-refractivity contribution in [2.75, 3.05) is 16.8 Å². The van der Waals surface area contributed by atoms with Crippen LogP contribution < -0.4 is 15.5 Å². The molecule has 1 saturated heterocycles. The Bertz CT molecular complexity index is 792. The molecule has 0 saturated carbocycles. The number of pyridine rings is 1. The Morgan fingerprint density at radius 2 is 2.19 bits per heavy atom. The van der Waals surface area contributed by atoms with Gasteiger partial charge in [0.1, 0.15) is 0 Å². The molecule has 26 heavy (non-hydrogen) atoms. The zero-order valence-electron chi connectivity index (χ0n) is 15.2. The van der Waals surface area contributed by atoms with Crippen LogP contribution in [0.4, 0.5) is 16.2 Å². The van der Waals surface area contributed by atoms with Crippen molar-refractivity contribution in [2.45, 2.75) is 39.2 Å². The topological polar surface area (TPSA) is 74.3 Å². The van der Waals surface area contributed by atoms with Crippen LogP contribution in [-0.4, -0.2) is 29.5 Å². The number of anilines is 2. The molecular weight excluding hydrogens is 328 g/mol. The van der Waals surface area contributed by atoms with Gasteiger partial charge in [-0.2, -0.15) is 0 Å². The van der Waals surface area contributed by atoms with Crippen molar-refractivity contribution >= 4 is 23.3 Å². The zero-order valence-corrected chi connectivity index (χ0v) is 15.2. The predicted molar refractivity (Wildman–Crippen MR) is 102 cm³/mol. The molecule has 0 spiro atoms. The molecule has 2 heterocycles. The summed E-state index contributed by atoms with van der Waals surface area (Å²) < 4.78 is 0. The molecule has 2 aromatic rings. The first-order valence-corrected chi connectivity index (χ1v) is 8.90. The van der Waals surface area contributed by atoms with Crippen LogP contribution in [0.15, 0.2) is 42.7 Å². The molecule has 0 aliphatic carbocycles. The minimum Gasteiger partial charge on any atom is -0.335 e. The molecule has 0 radical (unpaired) electrons. The lowest BCUT2D eigenvalue weighted by molar-refractivity contribution is -0.117. The summed E-state index contributed by atoms with van der Waals surface area (Å²) in [7, 11) is 0. The van der Waals surface area contributed by atoms with E-state index in [0.717, 1.165) is 36.2 Å². The van der Waals surface area contributed by atoms with Gasteiger partial charge in [0.15, 0.2) is 0 Å². The molecule has 2 N–H and O–H groups in total. The molecule has 1 fully saturated rings. The van der Waals surface area contributed by atoms with Crippen molar-refractivity contribution in [2.24, 2.45) is 0 Å². The lowest BCUT2D eigenvalue weighted by Crippen LogP contribution is -2.37. The van der Waals surface area contributed by atoms with Crippen LogP contribution in [0.25, 0.3) is 0 Å². The summed E-state index contributed by atoms with van der Waals surface area (Å²) in [4.78, 5) is 30.0. The maximum atomic E-state index is 12.2. The maximum absolute atomic E-state index is 12.2. The maximum Gasteiger partial charge on any atom is 0.319 e. The fraction of sp³-hybridized carbons (Fsp3) is 0.350. The van der Waals surface area contributed by atoms with Crippen molar-refractivity contribution in [1.29, 1.82) is 0 Å². The SMILES string of the molecule is Cc1cc(NC(=O)N[C@H](C)Cc2cccnc2)ccc1N1CCCC1=O. The Labute approximate surface area is 153 Å². The summed E-state index contributed by atoms with van der Waals surface area (Å²) in [6, 6.07) is 9.24. The van der Waals surface area contributed by atoms with E-state index in [1.54, 1.807) is 12.4 Å². The number of nitrogens with one attached hydrogen (secondary N) is 2. The van der Waals surface area contributed by atoms with Gasteiger partial charge in [0, 0.05) is 42.8 Å². The number of benzene rings is 1. The first kappa shape index (κ1) is 17.9. The van der Waals surface area contributed by atoms with E-state index in [4.69, 9.17) is 0 Å². The van der Waals surface area contributed by atoms with Crippen LogP contribution in [-0.2, 0) is 11.2 Å². The number of rotatable bonds is 5. The number of nitrogens with zero attached hydrogens (tertiary/aromatic N) is 2. The fourth-order valence-corrected chi connectivity index (χ4v) is 3.25. The molecule has 0 unspecified atom stereocenters. The van der Waals surface area contributed by atoms with Gasteiger partial charge in [-0.15, -0.1) is 0 Å². The lowest BCUT2D eigenvalue weighted by atomic mass is 10.1. The monoisotopic (exact) mass is 352 g/mol. The molecule has 1 aromatic carbocycles. The highest BCUT2D eigenvalue weighted by atomic mass is 16.2. The minimum absolute atomic E-state index is 0.0122. The first-order chi connectivity index (χ1) is 12.5. The quantitative estimate of drug-likeness (QED) is 0.867. The molecule has 1 aromatic heterocycles. The smallest absolute Gasteiger partial charge is 0.319 e. The Morgan fingerprint density at radius 3 is 2.85 bits per heavy atom. The molecule has 3 rings (SSSR count). The van der Waals surface area contributed by atoms with E-state index < -0.39 is 0 Å². The van der Waals surface area contributed by atoms with Crippen molar-refractivity contribution in [3.8, 4) is 0 Å². The highest BCUT2D eigenvalue weighted by molar-refractivity contribution is 5.96. The Balaban J connectivity index is 1.57. The Hall–Kier alpha value is -2.89. The molecule has 3 amide bonds. The Kier molecular flexibility index (Phi) is 5.51.